The van der Waals surface area contributed by atoms with Crippen molar-refractivity contribution in [1.29, 1.82) is 0 Å². The van der Waals surface area contributed by atoms with E-state index >= 15 is 0 Å². The summed E-state index contributed by atoms with van der Waals surface area (Å²) in [6, 6.07) is 13.5. The van der Waals surface area contributed by atoms with E-state index in [1.54, 1.807) is 28.8 Å². The first-order chi connectivity index (χ1) is 12.9. The van der Waals surface area contributed by atoms with Gasteiger partial charge in [0.2, 0.25) is 0 Å². The lowest BCUT2D eigenvalue weighted by atomic mass is 10.00. The van der Waals surface area contributed by atoms with Crippen LogP contribution < -0.4 is 5.56 Å². The van der Waals surface area contributed by atoms with Crippen molar-refractivity contribution in [2.45, 2.75) is 24.3 Å². The summed E-state index contributed by atoms with van der Waals surface area (Å²) in [5.74, 6) is 0.663. The van der Waals surface area contributed by atoms with E-state index in [9.17, 15) is 13.2 Å². The molecule has 0 bridgehead atoms. The van der Waals surface area contributed by atoms with Crippen molar-refractivity contribution < 1.29 is 12.6 Å². The number of hydrogen-bond donors (Lipinski definition) is 0. The molecule has 27 heavy (non-hydrogen) atoms. The predicted octanol–water partition coefficient (Wildman–Crippen LogP) is 3.13. The first-order valence-corrected chi connectivity index (χ1v) is 10.8. The molecule has 1 aliphatic heterocycles. The fourth-order valence-electron chi connectivity index (χ4n) is 3.28. The molecule has 1 atom stereocenters. The van der Waals surface area contributed by atoms with Crippen molar-refractivity contribution in [1.82, 2.24) is 9.55 Å². The van der Waals surface area contributed by atoms with Crippen molar-refractivity contribution in [3.05, 3.63) is 69.2 Å². The highest BCUT2D eigenvalue weighted by Crippen LogP contribution is 2.23. The van der Waals surface area contributed by atoms with Gasteiger partial charge in [0, 0.05) is 23.4 Å². The Hall–Kier alpha value is -2.03. The average Bonchev–Trinajstić information content (AvgIpc) is 2.67. The van der Waals surface area contributed by atoms with E-state index in [1.807, 2.05) is 12.1 Å². The SMILES string of the molecule is O=c1c2ccc(Br)cc2nc2n1CC(COS(=O)(=O)c1ccccc1)CC2. The Morgan fingerprint density at radius 1 is 1.19 bits per heavy atom. The number of fused-ring (bicyclic) bond motifs is 2. The van der Waals surface area contributed by atoms with Crippen LogP contribution in [0.5, 0.6) is 0 Å². The van der Waals surface area contributed by atoms with Gasteiger partial charge < -0.3 is 0 Å². The number of aromatic nitrogens is 2. The molecule has 0 spiro atoms. The van der Waals surface area contributed by atoms with Crippen LogP contribution in [0.3, 0.4) is 0 Å². The van der Waals surface area contributed by atoms with Gasteiger partial charge in [-0.1, -0.05) is 34.1 Å². The summed E-state index contributed by atoms with van der Waals surface area (Å²) in [5, 5.41) is 0.556. The summed E-state index contributed by atoms with van der Waals surface area (Å²) in [6.45, 7) is 0.443. The van der Waals surface area contributed by atoms with E-state index < -0.39 is 10.1 Å². The highest BCUT2D eigenvalue weighted by Gasteiger charge is 2.24. The van der Waals surface area contributed by atoms with Crippen molar-refractivity contribution in [2.24, 2.45) is 5.92 Å². The molecule has 140 valence electrons. The van der Waals surface area contributed by atoms with E-state index in [0.29, 0.717) is 23.9 Å². The molecule has 2 aromatic carbocycles. The van der Waals surface area contributed by atoms with Gasteiger partial charge in [-0.25, -0.2) is 4.98 Å². The molecule has 0 saturated carbocycles. The highest BCUT2D eigenvalue weighted by molar-refractivity contribution is 9.10. The van der Waals surface area contributed by atoms with E-state index in [2.05, 4.69) is 20.9 Å². The minimum atomic E-state index is -3.79. The molecule has 8 heteroatoms. The molecule has 4 rings (SSSR count). The lowest BCUT2D eigenvalue weighted by molar-refractivity contribution is 0.212. The molecule has 0 N–H and O–H groups in total. The Balaban J connectivity index is 1.55. The van der Waals surface area contributed by atoms with E-state index in [4.69, 9.17) is 4.18 Å². The van der Waals surface area contributed by atoms with Crippen LogP contribution in [0.1, 0.15) is 12.2 Å². The van der Waals surface area contributed by atoms with Gasteiger partial charge in [0.25, 0.3) is 15.7 Å². The van der Waals surface area contributed by atoms with E-state index in [0.717, 1.165) is 16.7 Å². The molecule has 2 heterocycles. The minimum absolute atomic E-state index is 0.0431. The lowest BCUT2D eigenvalue weighted by Gasteiger charge is -2.25. The molecule has 1 aliphatic rings. The molecule has 6 nitrogen and oxygen atoms in total. The normalized spacial score (nSPS) is 17.0. The number of aryl methyl sites for hydroxylation is 1. The van der Waals surface area contributed by atoms with Crippen LogP contribution in [0.2, 0.25) is 0 Å². The second-order valence-electron chi connectivity index (χ2n) is 6.56. The van der Waals surface area contributed by atoms with Crippen LogP contribution in [0.15, 0.2) is 62.7 Å². The van der Waals surface area contributed by atoms with Gasteiger partial charge in [-0.2, -0.15) is 8.42 Å². The molecule has 0 radical (unpaired) electrons. The Bertz CT molecular complexity index is 1160. The molecular formula is C19H17BrN2O4S. The zero-order valence-corrected chi connectivity index (χ0v) is 16.7. The molecule has 1 unspecified atom stereocenters. The monoisotopic (exact) mass is 448 g/mol. The predicted molar refractivity (Wildman–Crippen MR) is 105 cm³/mol. The van der Waals surface area contributed by atoms with Gasteiger partial charge in [-0.15, -0.1) is 0 Å². The summed E-state index contributed by atoms with van der Waals surface area (Å²) in [5.41, 5.74) is 0.570. The standard InChI is InChI=1S/C19H17BrN2O4S/c20-14-7-8-16-17(10-14)21-18-9-6-13(11-22(18)19(16)23)12-26-27(24,25)15-4-2-1-3-5-15/h1-5,7-8,10,13H,6,9,11-12H2. The zero-order valence-electron chi connectivity index (χ0n) is 14.3. The smallest absolute Gasteiger partial charge is 0.296 e. The largest absolute Gasteiger partial charge is 0.296 e. The van der Waals surface area contributed by atoms with Gasteiger partial charge in [0.15, 0.2) is 0 Å². The summed E-state index contributed by atoms with van der Waals surface area (Å²) < 4.78 is 32.3. The third-order valence-corrected chi connectivity index (χ3v) is 6.49. The first-order valence-electron chi connectivity index (χ1n) is 8.57. The van der Waals surface area contributed by atoms with Gasteiger partial charge in [0.1, 0.15) is 5.82 Å². The van der Waals surface area contributed by atoms with Crippen LogP contribution in [-0.2, 0) is 27.3 Å². The van der Waals surface area contributed by atoms with Gasteiger partial charge in [0.05, 0.1) is 22.4 Å². The summed E-state index contributed by atoms with van der Waals surface area (Å²) in [6.07, 6.45) is 1.33. The molecule has 3 aromatic rings. The van der Waals surface area contributed by atoms with Crippen LogP contribution >= 0.6 is 15.9 Å². The summed E-state index contributed by atoms with van der Waals surface area (Å²) in [4.78, 5) is 17.5. The van der Waals surface area contributed by atoms with E-state index in [-0.39, 0.29) is 23.0 Å². The lowest BCUT2D eigenvalue weighted by Crippen LogP contribution is -2.34. The van der Waals surface area contributed by atoms with Crippen LogP contribution in [0.4, 0.5) is 0 Å². The number of benzene rings is 2. The van der Waals surface area contributed by atoms with Gasteiger partial charge in [-0.3, -0.25) is 13.5 Å². The molecular weight excluding hydrogens is 432 g/mol. The Morgan fingerprint density at radius 2 is 1.96 bits per heavy atom. The maximum Gasteiger partial charge on any atom is 0.296 e. The fraction of sp³-hybridized carbons (Fsp3) is 0.263. The van der Waals surface area contributed by atoms with Gasteiger partial charge >= 0.3 is 0 Å². The Labute approximate surface area is 165 Å². The molecule has 0 saturated heterocycles. The van der Waals surface area contributed by atoms with Crippen LogP contribution in [0.25, 0.3) is 10.9 Å². The summed E-state index contributed by atoms with van der Waals surface area (Å²) >= 11 is 3.40. The average molecular weight is 449 g/mol. The van der Waals surface area contributed by atoms with Crippen molar-refractivity contribution in [2.75, 3.05) is 6.61 Å². The molecule has 0 fully saturated rings. The number of hydrogen-bond acceptors (Lipinski definition) is 5. The van der Waals surface area contributed by atoms with E-state index in [1.165, 1.54) is 12.1 Å². The third-order valence-electron chi connectivity index (χ3n) is 4.70. The highest BCUT2D eigenvalue weighted by atomic mass is 79.9. The van der Waals surface area contributed by atoms with Crippen molar-refractivity contribution >= 4 is 37.0 Å². The second-order valence-corrected chi connectivity index (χ2v) is 9.09. The Kier molecular flexibility index (Phi) is 4.88. The molecule has 0 aliphatic carbocycles. The summed E-state index contributed by atoms with van der Waals surface area (Å²) in [7, 11) is -3.79. The third kappa shape index (κ3) is 3.69. The maximum absolute atomic E-state index is 12.8. The maximum atomic E-state index is 12.8. The molecule has 1 aromatic heterocycles. The fourth-order valence-corrected chi connectivity index (χ4v) is 4.63. The number of nitrogens with zero attached hydrogens (tertiary/aromatic N) is 2. The number of halogens is 1. The Morgan fingerprint density at radius 3 is 2.74 bits per heavy atom. The second kappa shape index (κ2) is 7.18. The van der Waals surface area contributed by atoms with Crippen molar-refractivity contribution in [3.8, 4) is 0 Å². The topological polar surface area (TPSA) is 78.3 Å². The van der Waals surface area contributed by atoms with Gasteiger partial charge in [-0.05, 0) is 36.8 Å². The quantitative estimate of drug-likeness (QED) is 0.572. The molecule has 0 amide bonds. The van der Waals surface area contributed by atoms with Crippen LogP contribution in [-0.4, -0.2) is 24.6 Å². The number of rotatable bonds is 4. The van der Waals surface area contributed by atoms with Crippen molar-refractivity contribution in [3.63, 3.8) is 0 Å². The first kappa shape index (κ1) is 18.3. The van der Waals surface area contributed by atoms with Crippen LogP contribution in [0, 0.1) is 5.92 Å². The zero-order chi connectivity index (χ0) is 19.0. The minimum Gasteiger partial charge on any atom is -0.296 e.